The van der Waals surface area contributed by atoms with Crippen molar-refractivity contribution in [2.45, 2.75) is 20.4 Å². The van der Waals surface area contributed by atoms with Crippen LogP contribution in [0.5, 0.6) is 11.5 Å². The first-order chi connectivity index (χ1) is 17.4. The van der Waals surface area contributed by atoms with Gasteiger partial charge in [-0.05, 0) is 49.4 Å². The number of aryl methyl sites for hydroxylation is 1. The van der Waals surface area contributed by atoms with Crippen LogP contribution >= 0.6 is 11.3 Å². The van der Waals surface area contributed by atoms with Crippen LogP contribution in [0.3, 0.4) is 0 Å². The molecular weight excluding hydrogens is 476 g/mol. The summed E-state index contributed by atoms with van der Waals surface area (Å²) in [4.78, 5) is 36.3. The highest BCUT2D eigenvalue weighted by atomic mass is 32.1. The third-order valence-electron chi connectivity index (χ3n) is 6.30. The minimum absolute atomic E-state index is 0.0626. The number of methoxy groups -OCH3 is 2. The smallest absolute Gasteiger partial charge is 0.279 e. The van der Waals surface area contributed by atoms with Gasteiger partial charge in [0.2, 0.25) is 0 Å². The lowest BCUT2D eigenvalue weighted by atomic mass is 10.1. The van der Waals surface area contributed by atoms with Crippen LogP contribution in [0.4, 0.5) is 0 Å². The summed E-state index contributed by atoms with van der Waals surface area (Å²) in [6.07, 6.45) is 1.98. The summed E-state index contributed by atoms with van der Waals surface area (Å²) in [6.45, 7) is 8.96. The van der Waals surface area contributed by atoms with Gasteiger partial charge in [-0.1, -0.05) is 19.1 Å². The highest BCUT2D eigenvalue weighted by Crippen LogP contribution is 2.27. The summed E-state index contributed by atoms with van der Waals surface area (Å²) in [7, 11) is 3.08. The minimum Gasteiger partial charge on any atom is -0.493 e. The third kappa shape index (κ3) is 5.85. The van der Waals surface area contributed by atoms with Gasteiger partial charge in [-0.3, -0.25) is 9.59 Å². The van der Waals surface area contributed by atoms with Crippen LogP contribution in [-0.4, -0.2) is 73.1 Å². The maximum Gasteiger partial charge on any atom is 0.279 e. The predicted octanol–water partition coefficient (Wildman–Crippen LogP) is 3.44. The normalized spacial score (nSPS) is 14.7. The molecule has 0 saturated carbocycles. The van der Waals surface area contributed by atoms with E-state index in [-0.39, 0.29) is 11.8 Å². The molecule has 0 bridgehead atoms. The van der Waals surface area contributed by atoms with E-state index >= 15 is 0 Å². The largest absolute Gasteiger partial charge is 0.493 e. The van der Waals surface area contributed by atoms with Crippen molar-refractivity contribution in [3.63, 3.8) is 0 Å². The Balaban J connectivity index is 1.54. The van der Waals surface area contributed by atoms with Gasteiger partial charge >= 0.3 is 0 Å². The number of carbonyl (C=O) groups is 2. The van der Waals surface area contributed by atoms with E-state index in [0.29, 0.717) is 34.0 Å². The highest BCUT2D eigenvalue weighted by molar-refractivity contribution is 7.09. The number of amides is 2. The molecule has 2 aromatic carbocycles. The van der Waals surface area contributed by atoms with E-state index in [4.69, 9.17) is 9.47 Å². The Bertz CT molecular complexity index is 1310. The van der Waals surface area contributed by atoms with Crippen molar-refractivity contribution in [1.82, 2.24) is 14.4 Å². The summed E-state index contributed by atoms with van der Waals surface area (Å²) >= 11 is 1.45. The van der Waals surface area contributed by atoms with Crippen molar-refractivity contribution in [3.8, 4) is 11.5 Å². The van der Waals surface area contributed by atoms with E-state index in [9.17, 15) is 9.59 Å². The fraction of sp³-hybridized carbons (Fsp3) is 0.370. The Morgan fingerprint density at radius 2 is 1.72 bits per heavy atom. The lowest BCUT2D eigenvalue weighted by Crippen LogP contribution is -2.48. The van der Waals surface area contributed by atoms with Crippen molar-refractivity contribution in [1.29, 1.82) is 0 Å². The maximum atomic E-state index is 13.1. The summed E-state index contributed by atoms with van der Waals surface area (Å²) < 4.78 is 12.5. The zero-order chi connectivity index (χ0) is 25.7. The van der Waals surface area contributed by atoms with Crippen LogP contribution in [0.2, 0.25) is 0 Å². The number of aromatic nitrogens is 1. The van der Waals surface area contributed by atoms with Crippen LogP contribution in [0.1, 0.15) is 38.1 Å². The number of thiazole rings is 1. The van der Waals surface area contributed by atoms with Crippen molar-refractivity contribution in [3.05, 3.63) is 75.0 Å². The predicted molar refractivity (Wildman–Crippen MR) is 140 cm³/mol. The number of benzene rings is 2. The van der Waals surface area contributed by atoms with E-state index in [1.807, 2.05) is 46.9 Å². The van der Waals surface area contributed by atoms with Gasteiger partial charge in [0.15, 0.2) is 16.3 Å². The Labute approximate surface area is 215 Å². The number of nitrogens with zero attached hydrogens (tertiary/aromatic N) is 4. The zero-order valence-corrected chi connectivity index (χ0v) is 22.0. The van der Waals surface area contributed by atoms with E-state index in [0.717, 1.165) is 43.2 Å². The zero-order valence-electron chi connectivity index (χ0n) is 21.2. The molecule has 0 unspecified atom stereocenters. The van der Waals surface area contributed by atoms with Crippen LogP contribution in [0, 0.1) is 6.92 Å². The molecule has 2 heterocycles. The van der Waals surface area contributed by atoms with Gasteiger partial charge in [0.1, 0.15) is 0 Å². The Morgan fingerprint density at radius 3 is 2.42 bits per heavy atom. The van der Waals surface area contributed by atoms with Gasteiger partial charge in [-0.2, -0.15) is 4.99 Å². The number of hydrogen-bond acceptors (Lipinski definition) is 6. The lowest BCUT2D eigenvalue weighted by Gasteiger charge is -2.34. The molecule has 3 aromatic rings. The second kappa shape index (κ2) is 11.5. The van der Waals surface area contributed by atoms with Gasteiger partial charge < -0.3 is 23.8 Å². The molecule has 190 valence electrons. The molecule has 0 atom stereocenters. The fourth-order valence-electron chi connectivity index (χ4n) is 4.27. The number of likely N-dealkylation sites (N-methyl/N-ethyl adjacent to an activating group) is 1. The monoisotopic (exact) mass is 508 g/mol. The van der Waals surface area contributed by atoms with Gasteiger partial charge in [0.05, 0.1) is 14.2 Å². The first-order valence-electron chi connectivity index (χ1n) is 12.0. The summed E-state index contributed by atoms with van der Waals surface area (Å²) in [6, 6.07) is 12.7. The molecule has 0 aliphatic carbocycles. The quantitative estimate of drug-likeness (QED) is 0.489. The number of piperazine rings is 1. The molecule has 0 spiro atoms. The average Bonchev–Trinajstić information content (AvgIpc) is 3.25. The van der Waals surface area contributed by atoms with Gasteiger partial charge in [0.25, 0.3) is 11.8 Å². The number of ether oxygens (including phenoxy) is 2. The van der Waals surface area contributed by atoms with E-state index in [1.165, 1.54) is 18.4 Å². The van der Waals surface area contributed by atoms with E-state index in [2.05, 4.69) is 16.8 Å². The fourth-order valence-corrected chi connectivity index (χ4v) is 5.10. The number of rotatable bonds is 7. The van der Waals surface area contributed by atoms with Crippen molar-refractivity contribution < 1.29 is 19.1 Å². The Kier molecular flexibility index (Phi) is 8.22. The Hall–Kier alpha value is -3.43. The molecular formula is C27H32N4O4S. The highest BCUT2D eigenvalue weighted by Gasteiger charge is 2.21. The third-order valence-corrected chi connectivity index (χ3v) is 7.23. The molecule has 36 heavy (non-hydrogen) atoms. The standard InChI is InChI=1S/C27H32N4O4S/c1-5-29-11-13-30(14-12-29)26(33)22-8-6-7-20(15-22)18-31-17-19(2)36-27(31)28-25(32)21-9-10-23(34-3)24(16-21)35-4/h6-10,15-17H,5,11-14,18H2,1-4H3. The second-order valence-corrected chi connectivity index (χ2v) is 9.88. The first-order valence-corrected chi connectivity index (χ1v) is 12.8. The van der Waals surface area contributed by atoms with Crippen LogP contribution in [-0.2, 0) is 6.54 Å². The Morgan fingerprint density at radius 1 is 0.972 bits per heavy atom. The van der Waals surface area contributed by atoms with E-state index in [1.54, 1.807) is 25.3 Å². The maximum absolute atomic E-state index is 13.1. The van der Waals surface area contributed by atoms with Crippen molar-refractivity contribution in [2.75, 3.05) is 46.9 Å². The molecule has 4 rings (SSSR count). The topological polar surface area (TPSA) is 76.4 Å². The average molecular weight is 509 g/mol. The molecule has 9 heteroatoms. The molecule has 1 fully saturated rings. The second-order valence-electron chi connectivity index (χ2n) is 8.67. The molecule has 1 aromatic heterocycles. The van der Waals surface area contributed by atoms with Gasteiger partial charge in [-0.25, -0.2) is 0 Å². The molecule has 0 radical (unpaired) electrons. The molecule has 1 aliphatic heterocycles. The molecule has 2 amide bonds. The summed E-state index contributed by atoms with van der Waals surface area (Å²) in [5.74, 6) is 0.735. The SMILES string of the molecule is CCN1CCN(C(=O)c2cccc(Cn3cc(C)sc3=NC(=O)c3ccc(OC)c(OC)c3)c2)CC1. The van der Waals surface area contributed by atoms with E-state index < -0.39 is 0 Å². The molecule has 0 N–H and O–H groups in total. The van der Waals surface area contributed by atoms with Crippen LogP contribution in [0.15, 0.2) is 53.7 Å². The van der Waals surface area contributed by atoms with Crippen LogP contribution < -0.4 is 14.3 Å². The van der Waals surface area contributed by atoms with Gasteiger partial charge in [-0.15, -0.1) is 11.3 Å². The number of hydrogen-bond donors (Lipinski definition) is 0. The van der Waals surface area contributed by atoms with Crippen molar-refractivity contribution >= 4 is 23.2 Å². The summed E-state index contributed by atoms with van der Waals surface area (Å²) in [5, 5.41) is 0. The van der Waals surface area contributed by atoms with Crippen molar-refractivity contribution in [2.24, 2.45) is 4.99 Å². The van der Waals surface area contributed by atoms with Gasteiger partial charge in [0, 0.05) is 54.9 Å². The lowest BCUT2D eigenvalue weighted by molar-refractivity contribution is 0.0643. The number of carbonyl (C=O) groups excluding carboxylic acids is 2. The first kappa shape index (κ1) is 25.7. The van der Waals surface area contributed by atoms with Crippen LogP contribution in [0.25, 0.3) is 0 Å². The minimum atomic E-state index is -0.360. The molecule has 1 saturated heterocycles. The molecule has 1 aliphatic rings. The molecule has 8 nitrogen and oxygen atoms in total. The summed E-state index contributed by atoms with van der Waals surface area (Å²) in [5.41, 5.74) is 2.08.